The van der Waals surface area contributed by atoms with Crippen LogP contribution in [0.15, 0.2) is 28.4 Å². The molecule has 0 aliphatic carbocycles. The number of hydrogen-bond acceptors (Lipinski definition) is 5. The maximum absolute atomic E-state index is 14.2. The molecule has 0 aromatic heterocycles. The summed E-state index contributed by atoms with van der Waals surface area (Å²) in [6.45, 7) is 8.74. The van der Waals surface area contributed by atoms with E-state index in [0.717, 1.165) is 6.07 Å². The first-order valence-corrected chi connectivity index (χ1v) is 11.6. The molecular weight excluding hydrogens is 661 g/mol. The van der Waals surface area contributed by atoms with Gasteiger partial charge in [-0.25, -0.2) is 9.59 Å². The average molecular weight is 683 g/mol. The Kier molecular flexibility index (Phi) is 10.3. The Morgan fingerprint density at radius 2 is 1.10 bits per heavy atom. The number of hydrogen-bond donors (Lipinski definition) is 2. The van der Waals surface area contributed by atoms with E-state index in [1.54, 1.807) is 0 Å². The van der Waals surface area contributed by atoms with E-state index in [1.165, 1.54) is 41.5 Å². The van der Waals surface area contributed by atoms with Crippen LogP contribution < -0.4 is 15.4 Å². The third-order valence-electron chi connectivity index (χ3n) is 4.14. The van der Waals surface area contributed by atoms with Crippen molar-refractivity contribution in [2.45, 2.75) is 76.7 Å². The van der Waals surface area contributed by atoms with E-state index < -0.39 is 75.1 Å². The van der Waals surface area contributed by atoms with Crippen LogP contribution >= 0.6 is 15.9 Å². The Hall–Kier alpha value is -2.99. The summed E-state index contributed by atoms with van der Waals surface area (Å²) in [7, 11) is 0. The number of nitrogens with one attached hydrogen (secondary N) is 2. The van der Waals surface area contributed by atoms with Gasteiger partial charge < -0.3 is 14.2 Å². The summed E-state index contributed by atoms with van der Waals surface area (Å²) in [4.78, 5) is 24.4. The molecule has 7 nitrogen and oxygen atoms in total. The largest absolute Gasteiger partial charge is 0.460 e. The van der Waals surface area contributed by atoms with Crippen LogP contribution in [-0.2, 0) is 9.47 Å². The Bertz CT molecular complexity index is 1190. The first-order valence-electron chi connectivity index (χ1n) is 10.8. The number of carbonyl (C=O) groups excluding carboxylic acids is 2. The van der Waals surface area contributed by atoms with E-state index >= 15 is 0 Å². The molecule has 0 unspecified atom stereocenters. The summed E-state index contributed by atoms with van der Waals surface area (Å²) in [6, 6.07) is -2.07. The second-order valence-electron chi connectivity index (χ2n) is 9.99. The lowest BCUT2D eigenvalue weighted by Gasteiger charge is -2.32. The summed E-state index contributed by atoms with van der Waals surface area (Å²) < 4.78 is 159. The lowest BCUT2D eigenvalue weighted by molar-refractivity contribution is -0.392. The maximum Gasteiger partial charge on any atom is 0.460 e. The van der Waals surface area contributed by atoms with E-state index in [1.807, 2.05) is 5.32 Å². The molecule has 1 aromatic rings. The summed E-state index contributed by atoms with van der Waals surface area (Å²) in [6.07, 6.45) is -9.64. The average Bonchev–Trinajstić information content (AvgIpc) is 2.72. The summed E-state index contributed by atoms with van der Waals surface area (Å²) in [5.74, 6) is -27.3. The SMILES string of the molecule is CC(C)(C)OC(=O)Nc1cc(Br)c(OC(F)=C(F)C(F)(F)C(F)(F)C(F)(F)C(F)(F)F)cc1NC(=O)OC(C)(C)C. The Morgan fingerprint density at radius 1 is 0.707 bits per heavy atom. The molecule has 2 N–H and O–H groups in total. The first kappa shape index (κ1) is 36.0. The van der Waals surface area contributed by atoms with E-state index in [2.05, 4.69) is 26.0 Å². The van der Waals surface area contributed by atoms with Gasteiger partial charge in [-0.2, -0.15) is 48.3 Å². The Morgan fingerprint density at radius 3 is 1.46 bits per heavy atom. The van der Waals surface area contributed by atoms with Crippen LogP contribution in [0.3, 0.4) is 0 Å². The van der Waals surface area contributed by atoms with Gasteiger partial charge >= 0.3 is 42.1 Å². The highest BCUT2D eigenvalue weighted by Gasteiger charge is 2.83. The molecule has 1 rings (SSSR count). The topological polar surface area (TPSA) is 85.9 Å². The summed E-state index contributed by atoms with van der Waals surface area (Å²) in [5, 5.41) is 4.19. The molecule has 0 aliphatic heterocycles. The zero-order valence-corrected chi connectivity index (χ0v) is 23.3. The van der Waals surface area contributed by atoms with Crippen LogP contribution in [0, 0.1) is 0 Å². The Balaban J connectivity index is 3.58. The van der Waals surface area contributed by atoms with Crippen LogP contribution in [0.2, 0.25) is 0 Å². The van der Waals surface area contributed by atoms with Gasteiger partial charge in [0, 0.05) is 6.07 Å². The molecule has 1 aromatic carbocycles. The van der Waals surface area contributed by atoms with Gasteiger partial charge in [0.2, 0.25) is 5.83 Å². The van der Waals surface area contributed by atoms with E-state index in [-0.39, 0.29) is 5.69 Å². The van der Waals surface area contributed by atoms with Crippen molar-refractivity contribution in [1.82, 2.24) is 0 Å². The molecule has 41 heavy (non-hydrogen) atoms. The molecule has 0 aliphatic rings. The fraction of sp³-hybridized carbons (Fsp3) is 0.545. The van der Waals surface area contributed by atoms with Crippen LogP contribution in [0.5, 0.6) is 5.75 Å². The highest BCUT2D eigenvalue weighted by atomic mass is 79.9. The van der Waals surface area contributed by atoms with Crippen molar-refractivity contribution in [2.75, 3.05) is 10.6 Å². The maximum atomic E-state index is 14.2. The van der Waals surface area contributed by atoms with Gasteiger partial charge in [-0.1, -0.05) is 0 Å². The molecule has 0 saturated carbocycles. The lowest BCUT2D eigenvalue weighted by atomic mass is 10.0. The molecule has 0 saturated heterocycles. The van der Waals surface area contributed by atoms with Crippen molar-refractivity contribution < 1.29 is 72.1 Å². The summed E-state index contributed by atoms with van der Waals surface area (Å²) >= 11 is 2.70. The summed E-state index contributed by atoms with van der Waals surface area (Å²) in [5.41, 5.74) is -3.11. The normalized spacial score (nSPS) is 14.2. The molecule has 0 radical (unpaired) electrons. The molecule has 0 spiro atoms. The second-order valence-corrected chi connectivity index (χ2v) is 10.8. The number of amides is 2. The van der Waals surface area contributed by atoms with Gasteiger partial charge in [0.1, 0.15) is 17.0 Å². The number of anilines is 2. The van der Waals surface area contributed by atoms with Crippen LogP contribution in [0.1, 0.15) is 41.5 Å². The van der Waals surface area contributed by atoms with Crippen molar-refractivity contribution >= 4 is 39.5 Å². The number of rotatable bonds is 7. The van der Waals surface area contributed by atoms with Gasteiger partial charge in [-0.3, -0.25) is 10.6 Å². The number of allylic oxidation sites excluding steroid dienone is 1. The minimum atomic E-state index is -7.51. The van der Waals surface area contributed by atoms with Gasteiger partial charge in [0.15, 0.2) is 0 Å². The van der Waals surface area contributed by atoms with Crippen LogP contribution in [0.4, 0.5) is 69.3 Å². The van der Waals surface area contributed by atoms with Gasteiger partial charge in [0.25, 0.3) is 0 Å². The molecule has 0 atom stereocenters. The minimum Gasteiger partial charge on any atom is -0.444 e. The van der Waals surface area contributed by atoms with E-state index in [9.17, 15) is 57.9 Å². The van der Waals surface area contributed by atoms with Crippen molar-refractivity contribution in [2.24, 2.45) is 0 Å². The van der Waals surface area contributed by atoms with E-state index in [0.29, 0.717) is 6.07 Å². The van der Waals surface area contributed by atoms with Crippen molar-refractivity contribution in [1.29, 1.82) is 0 Å². The first-order chi connectivity index (χ1) is 18.0. The molecule has 19 heteroatoms. The fourth-order valence-corrected chi connectivity index (χ4v) is 2.87. The van der Waals surface area contributed by atoms with E-state index in [4.69, 9.17) is 9.47 Å². The van der Waals surface area contributed by atoms with Gasteiger partial charge in [0.05, 0.1) is 15.8 Å². The quantitative estimate of drug-likeness (QED) is 0.221. The number of carbonyl (C=O) groups is 2. The smallest absolute Gasteiger partial charge is 0.444 e. The van der Waals surface area contributed by atoms with Crippen LogP contribution in [0.25, 0.3) is 0 Å². The van der Waals surface area contributed by atoms with Crippen molar-refractivity contribution in [3.8, 4) is 5.75 Å². The number of benzene rings is 1. The van der Waals surface area contributed by atoms with Gasteiger partial charge in [-0.15, -0.1) is 0 Å². The highest BCUT2D eigenvalue weighted by Crippen LogP contribution is 2.56. The highest BCUT2D eigenvalue weighted by molar-refractivity contribution is 9.10. The second kappa shape index (κ2) is 11.7. The minimum absolute atomic E-state index is 0.379. The molecular formula is C22H22BrF11N2O5. The molecule has 0 heterocycles. The van der Waals surface area contributed by atoms with Crippen LogP contribution in [-0.4, -0.2) is 47.3 Å². The number of alkyl halides is 9. The standard InChI is InChI=1S/C22H22BrF11N2O5/c1-17(2,3)40-15(37)35-10-7-9(23)12(8-11(10)36-16(38)41-18(4,5)6)39-14(25)13(24)19(26,27)20(28,29)21(30,31)22(32,33)34/h7-8H,1-6H3,(H,35,37)(H,36,38). The predicted molar refractivity (Wildman–Crippen MR) is 125 cm³/mol. The fourth-order valence-electron chi connectivity index (χ4n) is 2.44. The zero-order valence-electron chi connectivity index (χ0n) is 21.7. The van der Waals surface area contributed by atoms with Crippen molar-refractivity contribution in [3.05, 3.63) is 28.4 Å². The number of halogens is 12. The third-order valence-corrected chi connectivity index (χ3v) is 4.76. The third kappa shape index (κ3) is 8.75. The molecule has 2 amide bonds. The molecule has 0 fully saturated rings. The molecule has 0 bridgehead atoms. The van der Waals surface area contributed by atoms with Gasteiger partial charge in [-0.05, 0) is 63.5 Å². The molecule has 234 valence electrons. The Labute approximate surface area is 233 Å². The van der Waals surface area contributed by atoms with Crippen molar-refractivity contribution in [3.63, 3.8) is 0 Å². The number of ether oxygens (including phenoxy) is 3. The monoisotopic (exact) mass is 682 g/mol. The zero-order chi connectivity index (χ0) is 32.6. The lowest BCUT2D eigenvalue weighted by Crippen LogP contribution is -2.61. The predicted octanol–water partition coefficient (Wildman–Crippen LogP) is 9.10.